The molecule has 0 aromatic heterocycles. The highest BCUT2D eigenvalue weighted by molar-refractivity contribution is 5.94. The molecule has 0 amide bonds. The van der Waals surface area contributed by atoms with Crippen LogP contribution in [0.3, 0.4) is 0 Å². The van der Waals surface area contributed by atoms with Gasteiger partial charge in [-0.1, -0.05) is 18.7 Å². The average Bonchev–Trinajstić information content (AvgIpc) is 2.95. The lowest BCUT2D eigenvalue weighted by Crippen LogP contribution is -2.23. The van der Waals surface area contributed by atoms with Crippen LogP contribution in [0.15, 0.2) is 97.5 Å². The van der Waals surface area contributed by atoms with Gasteiger partial charge in [0.25, 0.3) is 0 Å². The van der Waals surface area contributed by atoms with Gasteiger partial charge in [0, 0.05) is 0 Å². The maximum absolute atomic E-state index is 13.0. The molecule has 0 radical (unpaired) electrons. The van der Waals surface area contributed by atoms with Crippen LogP contribution in [0.25, 0.3) is 5.57 Å². The van der Waals surface area contributed by atoms with E-state index < -0.39 is 41.5 Å². The molecule has 1 unspecified atom stereocenters. The van der Waals surface area contributed by atoms with Crippen LogP contribution in [0.1, 0.15) is 44.3 Å². The number of allylic oxidation sites excluding steroid dienone is 3. The van der Waals surface area contributed by atoms with Gasteiger partial charge in [-0.15, -0.1) is 0 Å². The lowest BCUT2D eigenvalue weighted by molar-refractivity contribution is -0.138. The Kier molecular flexibility index (Phi) is 8.98. The van der Waals surface area contributed by atoms with Crippen LogP contribution in [0.2, 0.25) is 0 Å². The fraction of sp³-hybridized carbons (Fsp3) is 0.161. The van der Waals surface area contributed by atoms with Gasteiger partial charge in [0.05, 0.1) is 33.4 Å². The summed E-state index contributed by atoms with van der Waals surface area (Å²) in [6.07, 6.45) is -5.93. The van der Waals surface area contributed by atoms with E-state index in [1.54, 1.807) is 13.0 Å². The number of hydrogen-bond donors (Lipinski definition) is 0. The van der Waals surface area contributed by atoms with Gasteiger partial charge < -0.3 is 18.9 Å². The molecule has 1 aliphatic rings. The first-order chi connectivity index (χ1) is 20.3. The minimum absolute atomic E-state index is 0.0397. The maximum Gasteiger partial charge on any atom is 0.416 e. The molecule has 0 spiro atoms. The minimum Gasteiger partial charge on any atom is -0.489 e. The van der Waals surface area contributed by atoms with Crippen molar-refractivity contribution in [2.24, 2.45) is 0 Å². The number of alkyl halides is 6. The number of fused-ring (bicyclic) bond motifs is 1. The van der Waals surface area contributed by atoms with Gasteiger partial charge in [-0.3, -0.25) is 0 Å². The van der Waals surface area contributed by atoms with Gasteiger partial charge in [0.2, 0.25) is 0 Å². The van der Waals surface area contributed by atoms with E-state index in [1.165, 1.54) is 24.3 Å². The molecular weight excluding hydrogens is 582 g/mol. The highest BCUT2D eigenvalue weighted by Gasteiger charge is 2.32. The molecule has 4 rings (SSSR count). The first-order valence-electron chi connectivity index (χ1n) is 12.5. The molecule has 0 fully saturated rings. The molecule has 1 aliphatic heterocycles. The van der Waals surface area contributed by atoms with Crippen molar-refractivity contribution in [3.05, 3.63) is 125 Å². The Morgan fingerprint density at radius 3 is 1.95 bits per heavy atom. The zero-order valence-corrected chi connectivity index (χ0v) is 22.3. The highest BCUT2D eigenvalue weighted by atomic mass is 19.4. The smallest absolute Gasteiger partial charge is 0.416 e. The summed E-state index contributed by atoms with van der Waals surface area (Å²) >= 11 is 0. The van der Waals surface area contributed by atoms with E-state index in [-0.39, 0.29) is 46.1 Å². The van der Waals surface area contributed by atoms with E-state index in [9.17, 15) is 35.9 Å². The molecule has 12 heteroatoms. The third-order valence-electron chi connectivity index (χ3n) is 5.98. The standard InChI is InChI=1S/C31H22F6O6/c1-3-5-24-23(17-41-28(38)19-8-12-21(13-9-19)30(32,33)34)27-25(42-18(2)16-40-24)6-4-7-26(27)43-29(39)20-10-14-22(15-11-20)31(35,36)37/h3-15,17-18H,1,16H2,2H3. The Labute approximate surface area is 241 Å². The topological polar surface area (TPSA) is 71.1 Å². The minimum atomic E-state index is -4.60. The number of carbonyl (C=O) groups is 2. The SMILES string of the molecule is C=CC=C1OCC(C)Oc2cccc(OC(=O)c3ccc(C(F)(F)F)cc3)c2C1=COC(=O)c1ccc(C(F)(F)F)cc1. The number of carbonyl (C=O) groups excluding carboxylic acids is 2. The lowest BCUT2D eigenvalue weighted by atomic mass is 10.0. The largest absolute Gasteiger partial charge is 0.489 e. The number of esters is 2. The molecule has 6 nitrogen and oxygen atoms in total. The summed E-state index contributed by atoms with van der Waals surface area (Å²) in [5, 5.41) is 0. The van der Waals surface area contributed by atoms with Crippen molar-refractivity contribution in [3.63, 3.8) is 0 Å². The summed E-state index contributed by atoms with van der Waals surface area (Å²) in [6.45, 7) is 5.39. The molecular formula is C31H22F6O6. The van der Waals surface area contributed by atoms with E-state index >= 15 is 0 Å². The predicted octanol–water partition coefficient (Wildman–Crippen LogP) is 8.01. The van der Waals surface area contributed by atoms with Gasteiger partial charge in [0.15, 0.2) is 0 Å². The summed E-state index contributed by atoms with van der Waals surface area (Å²) in [5.74, 6) is -1.82. The van der Waals surface area contributed by atoms with Crippen molar-refractivity contribution in [2.45, 2.75) is 25.4 Å². The lowest BCUT2D eigenvalue weighted by Gasteiger charge is -2.26. The zero-order chi connectivity index (χ0) is 31.4. The fourth-order valence-corrected chi connectivity index (χ4v) is 3.91. The van der Waals surface area contributed by atoms with E-state index in [0.717, 1.165) is 54.8 Å². The molecule has 3 aromatic carbocycles. The first kappa shape index (κ1) is 30.9. The molecule has 0 saturated carbocycles. The molecule has 3 aromatic rings. The zero-order valence-electron chi connectivity index (χ0n) is 22.3. The summed E-state index contributed by atoms with van der Waals surface area (Å²) in [6, 6.07) is 11.2. The van der Waals surface area contributed by atoms with Crippen LogP contribution in [0.4, 0.5) is 26.3 Å². The summed E-state index contributed by atoms with van der Waals surface area (Å²) in [5.41, 5.74) is -2.14. The molecule has 0 saturated heterocycles. The average molecular weight is 604 g/mol. The van der Waals surface area contributed by atoms with Crippen LogP contribution in [0.5, 0.6) is 11.5 Å². The van der Waals surface area contributed by atoms with Crippen LogP contribution in [0, 0.1) is 0 Å². The number of ether oxygens (including phenoxy) is 4. The van der Waals surface area contributed by atoms with Crippen LogP contribution in [-0.4, -0.2) is 24.6 Å². The molecule has 1 heterocycles. The predicted molar refractivity (Wildman–Crippen MR) is 142 cm³/mol. The Balaban J connectivity index is 1.73. The first-order valence-corrected chi connectivity index (χ1v) is 12.5. The Bertz CT molecular complexity index is 1570. The number of benzene rings is 3. The quantitative estimate of drug-likeness (QED) is 0.127. The fourth-order valence-electron chi connectivity index (χ4n) is 3.91. The summed E-state index contributed by atoms with van der Waals surface area (Å²) in [7, 11) is 0. The second kappa shape index (κ2) is 12.5. The second-order valence-electron chi connectivity index (χ2n) is 9.11. The van der Waals surface area contributed by atoms with Crippen LogP contribution < -0.4 is 9.47 Å². The van der Waals surface area contributed by atoms with Crippen molar-refractivity contribution in [2.75, 3.05) is 6.61 Å². The molecule has 1 atom stereocenters. The number of rotatable bonds is 5. The Hall–Kier alpha value is -5.00. The molecule has 0 aliphatic carbocycles. The van der Waals surface area contributed by atoms with Gasteiger partial charge in [0.1, 0.15) is 36.2 Å². The molecule has 43 heavy (non-hydrogen) atoms. The van der Waals surface area contributed by atoms with Crippen LogP contribution >= 0.6 is 0 Å². The van der Waals surface area contributed by atoms with Gasteiger partial charge in [-0.05, 0) is 73.7 Å². The number of halogens is 6. The molecule has 224 valence electrons. The van der Waals surface area contributed by atoms with Crippen molar-refractivity contribution in [1.29, 1.82) is 0 Å². The van der Waals surface area contributed by atoms with Gasteiger partial charge >= 0.3 is 24.3 Å². The van der Waals surface area contributed by atoms with Crippen molar-refractivity contribution < 1.29 is 54.9 Å². The second-order valence-corrected chi connectivity index (χ2v) is 9.11. The Morgan fingerprint density at radius 1 is 0.860 bits per heavy atom. The van der Waals surface area contributed by atoms with Gasteiger partial charge in [-0.2, -0.15) is 26.3 Å². The normalized spacial score (nSPS) is 17.1. The monoisotopic (exact) mass is 604 g/mol. The maximum atomic E-state index is 13.0. The highest BCUT2D eigenvalue weighted by Crippen LogP contribution is 2.41. The van der Waals surface area contributed by atoms with Crippen molar-refractivity contribution >= 4 is 17.5 Å². The van der Waals surface area contributed by atoms with E-state index in [1.807, 2.05) is 0 Å². The summed E-state index contributed by atoms with van der Waals surface area (Å²) < 4.78 is 100. The van der Waals surface area contributed by atoms with Gasteiger partial charge in [-0.25, -0.2) is 9.59 Å². The molecule has 0 N–H and O–H groups in total. The van der Waals surface area contributed by atoms with Crippen molar-refractivity contribution in [3.8, 4) is 11.5 Å². The van der Waals surface area contributed by atoms with Crippen molar-refractivity contribution in [1.82, 2.24) is 0 Å². The van der Waals surface area contributed by atoms with E-state index in [2.05, 4.69) is 6.58 Å². The van der Waals surface area contributed by atoms with E-state index in [4.69, 9.17) is 18.9 Å². The third kappa shape index (κ3) is 7.45. The summed E-state index contributed by atoms with van der Waals surface area (Å²) in [4.78, 5) is 25.7. The molecule has 0 bridgehead atoms. The van der Waals surface area contributed by atoms with Crippen LogP contribution in [-0.2, 0) is 21.8 Å². The van der Waals surface area contributed by atoms with E-state index in [0.29, 0.717) is 0 Å². The Morgan fingerprint density at radius 2 is 1.42 bits per heavy atom. The third-order valence-corrected chi connectivity index (χ3v) is 5.98. The number of hydrogen-bond acceptors (Lipinski definition) is 6.